The topological polar surface area (TPSA) is 45.0 Å². The van der Waals surface area contributed by atoms with Gasteiger partial charge in [0.2, 0.25) is 0 Å². The molecule has 1 heterocycles. The lowest BCUT2D eigenvalue weighted by atomic mass is 10.2. The molecule has 2 rings (SSSR count). The predicted molar refractivity (Wildman–Crippen MR) is 56.7 cm³/mol. The molecule has 14 heavy (non-hydrogen) atoms. The van der Waals surface area contributed by atoms with E-state index in [0.29, 0.717) is 0 Å². The van der Waals surface area contributed by atoms with Crippen molar-refractivity contribution in [2.24, 2.45) is 0 Å². The van der Waals surface area contributed by atoms with Gasteiger partial charge in [-0.05, 0) is 18.2 Å². The van der Waals surface area contributed by atoms with Crippen LogP contribution in [0.1, 0.15) is 0 Å². The summed E-state index contributed by atoms with van der Waals surface area (Å²) in [7, 11) is 1.65. The summed E-state index contributed by atoms with van der Waals surface area (Å²) in [5, 5.41) is 11.9. The first-order valence-electron chi connectivity index (χ1n) is 4.30. The monoisotopic (exact) mass is 206 g/mol. The summed E-state index contributed by atoms with van der Waals surface area (Å²) in [5.74, 6) is 1.64. The van der Waals surface area contributed by atoms with Gasteiger partial charge in [0.15, 0.2) is 0 Å². The molecule has 1 N–H and O–H groups in total. The van der Waals surface area contributed by atoms with Gasteiger partial charge < -0.3 is 10.1 Å². The van der Waals surface area contributed by atoms with Crippen molar-refractivity contribution in [3.8, 4) is 11.8 Å². The van der Waals surface area contributed by atoms with Crippen molar-refractivity contribution < 1.29 is 4.74 Å². The molecule has 0 aliphatic carbocycles. The van der Waals surface area contributed by atoms with Gasteiger partial charge in [-0.3, -0.25) is 0 Å². The first-order valence-corrected chi connectivity index (χ1v) is 5.29. The van der Waals surface area contributed by atoms with Crippen LogP contribution in [0.5, 0.6) is 5.75 Å². The van der Waals surface area contributed by atoms with Crippen LogP contribution in [0, 0.1) is 11.3 Å². The number of ether oxygens (including phenoxy) is 1. The van der Waals surface area contributed by atoms with Crippen molar-refractivity contribution in [3.63, 3.8) is 0 Å². The second-order valence-electron chi connectivity index (χ2n) is 3.00. The Balaban J connectivity index is 2.29. The first-order chi connectivity index (χ1) is 6.83. The van der Waals surface area contributed by atoms with Crippen LogP contribution in [-0.4, -0.2) is 18.9 Å². The van der Waals surface area contributed by atoms with Gasteiger partial charge in [0.05, 0.1) is 13.2 Å². The van der Waals surface area contributed by atoms with E-state index < -0.39 is 0 Å². The SMILES string of the molecule is COc1ccc2c(c1)SCC(C#N)N2. The van der Waals surface area contributed by atoms with Crippen LogP contribution in [0.4, 0.5) is 5.69 Å². The zero-order chi connectivity index (χ0) is 9.97. The fourth-order valence-electron chi connectivity index (χ4n) is 1.34. The highest BCUT2D eigenvalue weighted by molar-refractivity contribution is 7.99. The third-order valence-electron chi connectivity index (χ3n) is 2.08. The Morgan fingerprint density at radius 2 is 2.50 bits per heavy atom. The highest BCUT2D eigenvalue weighted by atomic mass is 32.2. The Morgan fingerprint density at radius 3 is 3.21 bits per heavy atom. The molecule has 0 spiro atoms. The highest BCUT2D eigenvalue weighted by Crippen LogP contribution is 2.35. The molecule has 1 aromatic rings. The van der Waals surface area contributed by atoms with Gasteiger partial charge in [0, 0.05) is 16.3 Å². The van der Waals surface area contributed by atoms with E-state index in [1.54, 1.807) is 18.9 Å². The van der Waals surface area contributed by atoms with E-state index in [1.165, 1.54) is 0 Å². The van der Waals surface area contributed by atoms with Crippen LogP contribution >= 0.6 is 11.8 Å². The maximum Gasteiger partial charge on any atom is 0.124 e. The zero-order valence-electron chi connectivity index (χ0n) is 7.78. The quantitative estimate of drug-likeness (QED) is 0.764. The number of anilines is 1. The van der Waals surface area contributed by atoms with Crippen LogP contribution in [0.2, 0.25) is 0 Å². The Kier molecular flexibility index (Phi) is 2.51. The third-order valence-corrected chi connectivity index (χ3v) is 3.23. The third kappa shape index (κ3) is 1.64. The molecule has 4 heteroatoms. The van der Waals surface area contributed by atoms with E-state index in [2.05, 4.69) is 11.4 Å². The van der Waals surface area contributed by atoms with Gasteiger partial charge in [-0.25, -0.2) is 0 Å². The molecule has 3 nitrogen and oxygen atoms in total. The standard InChI is InChI=1S/C10H10N2OS/c1-13-8-2-3-9-10(4-8)14-6-7(5-11)12-9/h2-4,7,12H,6H2,1H3. The molecular formula is C10H10N2OS. The average molecular weight is 206 g/mol. The second-order valence-corrected chi connectivity index (χ2v) is 4.06. The lowest BCUT2D eigenvalue weighted by molar-refractivity contribution is 0.414. The van der Waals surface area contributed by atoms with E-state index in [0.717, 1.165) is 22.1 Å². The largest absolute Gasteiger partial charge is 0.497 e. The summed E-state index contributed by atoms with van der Waals surface area (Å²) < 4.78 is 5.13. The molecule has 0 bridgehead atoms. The summed E-state index contributed by atoms with van der Waals surface area (Å²) in [4.78, 5) is 1.15. The number of nitriles is 1. The zero-order valence-corrected chi connectivity index (χ0v) is 8.60. The minimum absolute atomic E-state index is 0.0825. The number of nitrogens with zero attached hydrogens (tertiary/aromatic N) is 1. The molecule has 1 aromatic carbocycles. The molecule has 72 valence electrons. The highest BCUT2D eigenvalue weighted by Gasteiger charge is 2.17. The van der Waals surface area contributed by atoms with Crippen molar-refractivity contribution in [2.45, 2.75) is 10.9 Å². The summed E-state index contributed by atoms with van der Waals surface area (Å²) in [6.45, 7) is 0. The van der Waals surface area contributed by atoms with Crippen LogP contribution in [0.15, 0.2) is 23.1 Å². The van der Waals surface area contributed by atoms with Crippen molar-refractivity contribution in [3.05, 3.63) is 18.2 Å². The predicted octanol–water partition coefficient (Wildman–Crippen LogP) is 2.10. The lowest BCUT2D eigenvalue weighted by Gasteiger charge is -2.21. The second kappa shape index (κ2) is 3.81. The van der Waals surface area contributed by atoms with Crippen molar-refractivity contribution >= 4 is 17.4 Å². The molecule has 0 amide bonds. The molecular weight excluding hydrogens is 196 g/mol. The fourth-order valence-corrected chi connectivity index (χ4v) is 2.33. The smallest absolute Gasteiger partial charge is 0.124 e. The number of nitrogens with one attached hydrogen (secondary N) is 1. The summed E-state index contributed by atoms with van der Waals surface area (Å²) in [6, 6.07) is 7.96. The lowest BCUT2D eigenvalue weighted by Crippen LogP contribution is -2.23. The fraction of sp³-hybridized carbons (Fsp3) is 0.300. The number of thioether (sulfide) groups is 1. The molecule has 0 saturated heterocycles. The normalized spacial score (nSPS) is 19.0. The van der Waals surface area contributed by atoms with Crippen LogP contribution < -0.4 is 10.1 Å². The molecule has 1 aliphatic rings. The van der Waals surface area contributed by atoms with E-state index in [1.807, 2.05) is 18.2 Å². The van der Waals surface area contributed by atoms with Gasteiger partial charge in [-0.1, -0.05) is 0 Å². The van der Waals surface area contributed by atoms with Gasteiger partial charge in [-0.15, -0.1) is 11.8 Å². The summed E-state index contributed by atoms with van der Waals surface area (Å²) >= 11 is 1.69. The molecule has 0 radical (unpaired) electrons. The maximum absolute atomic E-state index is 8.77. The minimum atomic E-state index is -0.0825. The summed E-state index contributed by atoms with van der Waals surface area (Å²) in [5.41, 5.74) is 1.02. The van der Waals surface area contributed by atoms with E-state index in [4.69, 9.17) is 10.00 Å². The Hall–Kier alpha value is -1.34. The first kappa shape index (κ1) is 9.22. The number of fused-ring (bicyclic) bond motifs is 1. The molecule has 0 fully saturated rings. The van der Waals surface area contributed by atoms with Crippen molar-refractivity contribution in [1.82, 2.24) is 0 Å². The number of benzene rings is 1. The molecule has 0 saturated carbocycles. The Morgan fingerprint density at radius 1 is 1.64 bits per heavy atom. The number of methoxy groups -OCH3 is 1. The molecule has 0 aromatic heterocycles. The van der Waals surface area contributed by atoms with Gasteiger partial charge in [0.25, 0.3) is 0 Å². The van der Waals surface area contributed by atoms with Crippen molar-refractivity contribution in [1.29, 1.82) is 5.26 Å². The van der Waals surface area contributed by atoms with E-state index in [-0.39, 0.29) is 6.04 Å². The molecule has 1 unspecified atom stereocenters. The number of hydrogen-bond donors (Lipinski definition) is 1. The number of rotatable bonds is 1. The maximum atomic E-state index is 8.77. The van der Waals surface area contributed by atoms with E-state index in [9.17, 15) is 0 Å². The Labute approximate surface area is 87.1 Å². The average Bonchev–Trinajstić information content (AvgIpc) is 2.27. The van der Waals surface area contributed by atoms with E-state index >= 15 is 0 Å². The Bertz CT molecular complexity index is 386. The molecule has 1 aliphatic heterocycles. The van der Waals surface area contributed by atoms with Gasteiger partial charge in [-0.2, -0.15) is 5.26 Å². The summed E-state index contributed by atoms with van der Waals surface area (Å²) in [6.07, 6.45) is 0. The minimum Gasteiger partial charge on any atom is -0.497 e. The van der Waals surface area contributed by atoms with Gasteiger partial charge >= 0.3 is 0 Å². The van der Waals surface area contributed by atoms with Crippen molar-refractivity contribution in [2.75, 3.05) is 18.2 Å². The van der Waals surface area contributed by atoms with Crippen LogP contribution in [-0.2, 0) is 0 Å². The van der Waals surface area contributed by atoms with Crippen LogP contribution in [0.3, 0.4) is 0 Å². The van der Waals surface area contributed by atoms with Crippen LogP contribution in [0.25, 0.3) is 0 Å². The van der Waals surface area contributed by atoms with Gasteiger partial charge in [0.1, 0.15) is 11.8 Å². The molecule has 1 atom stereocenters. The number of hydrogen-bond acceptors (Lipinski definition) is 4.